The molecule has 1 aliphatic heterocycles. The third-order valence-electron chi connectivity index (χ3n) is 3.47. The van der Waals surface area contributed by atoms with Gasteiger partial charge in [-0.3, -0.25) is 19.2 Å². The Morgan fingerprint density at radius 2 is 2.16 bits per heavy atom. The molecule has 1 aromatic carbocycles. The van der Waals surface area contributed by atoms with Crippen LogP contribution < -0.4 is 5.69 Å². The first-order valence-electron chi connectivity index (χ1n) is 5.89. The van der Waals surface area contributed by atoms with E-state index in [9.17, 15) is 14.9 Å². The van der Waals surface area contributed by atoms with E-state index in [0.29, 0.717) is 24.2 Å². The molecule has 0 radical (unpaired) electrons. The highest BCUT2D eigenvalue weighted by Crippen LogP contribution is 2.29. The average Bonchev–Trinajstić information content (AvgIpc) is 3.06. The van der Waals surface area contributed by atoms with Crippen molar-refractivity contribution in [2.75, 3.05) is 6.61 Å². The second-order valence-corrected chi connectivity index (χ2v) is 5.10. The van der Waals surface area contributed by atoms with E-state index in [4.69, 9.17) is 4.74 Å². The van der Waals surface area contributed by atoms with Crippen LogP contribution in [-0.4, -0.2) is 26.3 Å². The SMILES string of the molecule is Cn1c(=O)n(CC2(C)CO2)c2cc([N+](=O)[O-])ccc21. The van der Waals surface area contributed by atoms with Gasteiger partial charge in [0.15, 0.2) is 0 Å². The zero-order chi connectivity index (χ0) is 13.8. The fourth-order valence-electron chi connectivity index (χ4n) is 2.21. The molecular formula is C12H13N3O4. The summed E-state index contributed by atoms with van der Waals surface area (Å²) >= 11 is 0. The number of nitrogens with zero attached hydrogens (tertiary/aromatic N) is 3. The first-order chi connectivity index (χ1) is 8.91. The summed E-state index contributed by atoms with van der Waals surface area (Å²) in [5.41, 5.74) is 0.710. The van der Waals surface area contributed by atoms with E-state index >= 15 is 0 Å². The van der Waals surface area contributed by atoms with Gasteiger partial charge in [-0.1, -0.05) is 0 Å². The highest BCUT2D eigenvalue weighted by Gasteiger charge is 2.40. The molecule has 1 aliphatic rings. The number of hydrogen-bond acceptors (Lipinski definition) is 4. The molecule has 1 atom stereocenters. The van der Waals surface area contributed by atoms with Crippen molar-refractivity contribution in [3.05, 3.63) is 38.8 Å². The van der Waals surface area contributed by atoms with Crippen LogP contribution >= 0.6 is 0 Å². The molecule has 1 saturated heterocycles. The lowest BCUT2D eigenvalue weighted by Gasteiger charge is -2.06. The second-order valence-electron chi connectivity index (χ2n) is 5.10. The van der Waals surface area contributed by atoms with Gasteiger partial charge in [0, 0.05) is 19.2 Å². The molecule has 3 rings (SSSR count). The Morgan fingerprint density at radius 3 is 2.74 bits per heavy atom. The summed E-state index contributed by atoms with van der Waals surface area (Å²) in [6, 6.07) is 4.44. The van der Waals surface area contributed by atoms with Crippen LogP contribution in [0.3, 0.4) is 0 Å². The van der Waals surface area contributed by atoms with Gasteiger partial charge in [-0.15, -0.1) is 0 Å². The zero-order valence-corrected chi connectivity index (χ0v) is 10.6. The number of nitro groups is 1. The minimum Gasteiger partial charge on any atom is -0.368 e. The van der Waals surface area contributed by atoms with Gasteiger partial charge >= 0.3 is 5.69 Å². The number of benzene rings is 1. The van der Waals surface area contributed by atoms with Crippen LogP contribution in [-0.2, 0) is 18.3 Å². The fourth-order valence-corrected chi connectivity index (χ4v) is 2.21. The normalized spacial score (nSPS) is 21.8. The van der Waals surface area contributed by atoms with Crippen LogP contribution in [0.15, 0.2) is 23.0 Å². The Kier molecular flexibility index (Phi) is 2.30. The number of hydrogen-bond donors (Lipinski definition) is 0. The number of fused-ring (bicyclic) bond motifs is 1. The molecule has 0 saturated carbocycles. The van der Waals surface area contributed by atoms with Gasteiger partial charge in [-0.05, 0) is 13.0 Å². The summed E-state index contributed by atoms with van der Waals surface area (Å²) in [7, 11) is 1.66. The van der Waals surface area contributed by atoms with Gasteiger partial charge in [0.2, 0.25) is 0 Å². The van der Waals surface area contributed by atoms with Crippen LogP contribution in [0.1, 0.15) is 6.92 Å². The Hall–Kier alpha value is -2.15. The smallest absolute Gasteiger partial charge is 0.328 e. The molecule has 0 aliphatic carbocycles. The molecule has 100 valence electrons. The number of non-ortho nitro benzene ring substituents is 1. The molecule has 2 aromatic rings. The highest BCUT2D eigenvalue weighted by molar-refractivity contribution is 5.78. The minimum absolute atomic E-state index is 0.0197. The van der Waals surface area contributed by atoms with E-state index in [1.165, 1.54) is 21.3 Å². The molecule has 1 aromatic heterocycles. The standard InChI is InChI=1S/C12H13N3O4/c1-12(7-19-12)6-14-10-5-8(15(17)18)3-4-9(10)13(2)11(14)16/h3-5H,6-7H2,1-2H3. The fraction of sp³-hybridized carbons (Fsp3) is 0.417. The lowest BCUT2D eigenvalue weighted by Crippen LogP contribution is -2.27. The van der Waals surface area contributed by atoms with Gasteiger partial charge < -0.3 is 4.74 Å². The molecule has 0 N–H and O–H groups in total. The van der Waals surface area contributed by atoms with Crippen molar-refractivity contribution in [1.82, 2.24) is 9.13 Å². The molecule has 7 heteroatoms. The predicted molar refractivity (Wildman–Crippen MR) is 68.2 cm³/mol. The van der Waals surface area contributed by atoms with E-state index in [1.807, 2.05) is 6.92 Å². The Bertz CT molecular complexity index is 739. The van der Waals surface area contributed by atoms with Crippen molar-refractivity contribution < 1.29 is 9.66 Å². The Morgan fingerprint density at radius 1 is 1.47 bits per heavy atom. The average molecular weight is 263 g/mol. The Labute approximate surface area is 108 Å². The number of nitro benzene ring substituents is 1. The molecule has 1 fully saturated rings. The van der Waals surface area contributed by atoms with E-state index in [2.05, 4.69) is 0 Å². The molecule has 2 heterocycles. The zero-order valence-electron chi connectivity index (χ0n) is 10.6. The Balaban J connectivity index is 2.23. The number of epoxide rings is 1. The maximum absolute atomic E-state index is 12.2. The molecule has 0 amide bonds. The van der Waals surface area contributed by atoms with Crippen LogP contribution in [0.4, 0.5) is 5.69 Å². The molecule has 1 unspecified atom stereocenters. The third-order valence-corrected chi connectivity index (χ3v) is 3.47. The maximum atomic E-state index is 12.2. The summed E-state index contributed by atoms with van der Waals surface area (Å²) < 4.78 is 8.32. The summed E-state index contributed by atoms with van der Waals surface area (Å²) in [6.45, 7) is 2.92. The van der Waals surface area contributed by atoms with E-state index in [0.717, 1.165) is 0 Å². The summed E-state index contributed by atoms with van der Waals surface area (Å²) in [5.74, 6) is 0. The largest absolute Gasteiger partial charge is 0.368 e. The number of aryl methyl sites for hydroxylation is 1. The maximum Gasteiger partial charge on any atom is 0.328 e. The highest BCUT2D eigenvalue weighted by atomic mass is 16.6. The van der Waals surface area contributed by atoms with E-state index < -0.39 is 4.92 Å². The molecular weight excluding hydrogens is 250 g/mol. The summed E-state index contributed by atoms with van der Waals surface area (Å²) in [6.07, 6.45) is 0. The van der Waals surface area contributed by atoms with E-state index in [1.54, 1.807) is 13.1 Å². The third kappa shape index (κ3) is 1.82. The summed E-state index contributed by atoms with van der Waals surface area (Å²) in [4.78, 5) is 22.5. The topological polar surface area (TPSA) is 82.6 Å². The van der Waals surface area contributed by atoms with Crippen molar-refractivity contribution in [2.24, 2.45) is 7.05 Å². The van der Waals surface area contributed by atoms with Crippen LogP contribution in [0.2, 0.25) is 0 Å². The molecule has 0 spiro atoms. The van der Waals surface area contributed by atoms with Crippen molar-refractivity contribution in [3.63, 3.8) is 0 Å². The number of ether oxygens (including phenoxy) is 1. The minimum atomic E-state index is -0.462. The second kappa shape index (κ2) is 3.67. The first kappa shape index (κ1) is 11.9. The van der Waals surface area contributed by atoms with E-state index in [-0.39, 0.29) is 17.0 Å². The predicted octanol–water partition coefficient (Wildman–Crippen LogP) is 1.04. The monoisotopic (exact) mass is 263 g/mol. The van der Waals surface area contributed by atoms with Gasteiger partial charge in [0.1, 0.15) is 5.60 Å². The number of aromatic nitrogens is 2. The summed E-state index contributed by atoms with van der Waals surface area (Å²) in [5, 5.41) is 10.8. The van der Waals surface area contributed by atoms with Gasteiger partial charge in [-0.25, -0.2) is 4.79 Å². The first-order valence-corrected chi connectivity index (χ1v) is 5.89. The van der Waals surface area contributed by atoms with Crippen LogP contribution in [0.5, 0.6) is 0 Å². The van der Waals surface area contributed by atoms with Crippen LogP contribution in [0, 0.1) is 10.1 Å². The van der Waals surface area contributed by atoms with Gasteiger partial charge in [0.05, 0.1) is 29.1 Å². The molecule has 0 bridgehead atoms. The van der Waals surface area contributed by atoms with Crippen molar-refractivity contribution in [1.29, 1.82) is 0 Å². The van der Waals surface area contributed by atoms with Crippen molar-refractivity contribution >= 4 is 16.7 Å². The molecule has 19 heavy (non-hydrogen) atoms. The van der Waals surface area contributed by atoms with Gasteiger partial charge in [0.25, 0.3) is 5.69 Å². The molecule has 7 nitrogen and oxygen atoms in total. The quantitative estimate of drug-likeness (QED) is 0.470. The van der Waals surface area contributed by atoms with Gasteiger partial charge in [-0.2, -0.15) is 0 Å². The lowest BCUT2D eigenvalue weighted by molar-refractivity contribution is -0.384. The van der Waals surface area contributed by atoms with Crippen LogP contribution in [0.25, 0.3) is 11.0 Å². The van der Waals surface area contributed by atoms with Crippen molar-refractivity contribution in [3.8, 4) is 0 Å². The number of rotatable bonds is 3. The number of imidazole rings is 1. The van der Waals surface area contributed by atoms with Crippen molar-refractivity contribution in [2.45, 2.75) is 19.1 Å². The lowest BCUT2D eigenvalue weighted by atomic mass is 10.2.